The van der Waals surface area contributed by atoms with E-state index in [1.807, 2.05) is 32.0 Å². The zero-order chi connectivity index (χ0) is 42.4. The number of carbonyl (C=O) groups is 5. The number of carbonyl (C=O) groups excluding carboxylic acids is 5. The number of aliphatic hydroxyl groups is 4. The molecule has 3 aromatic carbocycles. The summed E-state index contributed by atoms with van der Waals surface area (Å²) in [6.07, 6.45) is -8.54. The number of amides is 4. The highest BCUT2D eigenvalue weighted by molar-refractivity contribution is 5.93. The molecule has 4 rings (SSSR count). The van der Waals surface area contributed by atoms with Gasteiger partial charge in [-0.2, -0.15) is 0 Å². The van der Waals surface area contributed by atoms with Crippen molar-refractivity contribution in [3.8, 4) is 5.75 Å². The molecule has 17 nitrogen and oxygen atoms in total. The van der Waals surface area contributed by atoms with E-state index >= 15 is 0 Å². The maximum absolute atomic E-state index is 13.7. The number of esters is 1. The molecule has 314 valence electrons. The van der Waals surface area contributed by atoms with Crippen LogP contribution in [0.1, 0.15) is 37.0 Å². The number of rotatable bonds is 19. The number of aromatic hydroxyl groups is 1. The number of nitrogens with one attached hydrogen (secondary N) is 3. The van der Waals surface area contributed by atoms with Crippen LogP contribution in [0.5, 0.6) is 5.75 Å². The van der Waals surface area contributed by atoms with Gasteiger partial charge in [0.25, 0.3) is 0 Å². The van der Waals surface area contributed by atoms with E-state index in [1.54, 1.807) is 54.6 Å². The quantitative estimate of drug-likeness (QED) is 0.0660. The second-order valence-electron chi connectivity index (χ2n) is 14.6. The highest BCUT2D eigenvalue weighted by Gasteiger charge is 2.44. The third-order valence-corrected chi connectivity index (χ3v) is 9.36. The first-order valence-electron chi connectivity index (χ1n) is 18.9. The van der Waals surface area contributed by atoms with E-state index in [1.165, 1.54) is 12.1 Å². The minimum absolute atomic E-state index is 0.00267. The van der Waals surface area contributed by atoms with Gasteiger partial charge in [-0.25, -0.2) is 4.79 Å². The normalized spacial score (nSPS) is 20.6. The van der Waals surface area contributed by atoms with E-state index in [2.05, 4.69) is 16.0 Å². The van der Waals surface area contributed by atoms with E-state index in [4.69, 9.17) is 15.2 Å². The molecule has 0 aromatic heterocycles. The largest absolute Gasteiger partial charge is 0.508 e. The summed E-state index contributed by atoms with van der Waals surface area (Å²) in [5.41, 5.74) is 8.26. The smallest absolute Gasteiger partial charge is 0.328 e. The number of ether oxygens (including phenoxy) is 2. The van der Waals surface area contributed by atoms with Crippen molar-refractivity contribution in [1.29, 1.82) is 0 Å². The first-order chi connectivity index (χ1) is 27.6. The van der Waals surface area contributed by atoms with Crippen molar-refractivity contribution in [2.24, 2.45) is 11.7 Å². The first-order valence-corrected chi connectivity index (χ1v) is 18.9. The lowest BCUT2D eigenvalue weighted by atomic mass is 9.98. The molecule has 1 fully saturated rings. The van der Waals surface area contributed by atoms with Crippen molar-refractivity contribution < 1.29 is 59.0 Å². The molecule has 58 heavy (non-hydrogen) atoms. The summed E-state index contributed by atoms with van der Waals surface area (Å²) in [6, 6.07) is 20.4. The molecule has 1 saturated heterocycles. The molecule has 0 bridgehead atoms. The molecule has 0 radical (unpaired) electrons. The lowest BCUT2D eigenvalue weighted by Gasteiger charge is -2.40. The van der Waals surface area contributed by atoms with Gasteiger partial charge in [-0.3, -0.25) is 19.2 Å². The Morgan fingerprint density at radius 2 is 1.36 bits per heavy atom. The van der Waals surface area contributed by atoms with Crippen LogP contribution in [-0.2, 0) is 52.9 Å². The van der Waals surface area contributed by atoms with E-state index < -0.39 is 98.1 Å². The number of hydrogen-bond donors (Lipinski definition) is 9. The van der Waals surface area contributed by atoms with Gasteiger partial charge in [-0.15, -0.1) is 0 Å². The van der Waals surface area contributed by atoms with Crippen molar-refractivity contribution >= 4 is 29.6 Å². The topological polar surface area (TPSA) is 270 Å². The van der Waals surface area contributed by atoms with Crippen molar-refractivity contribution in [1.82, 2.24) is 20.9 Å². The van der Waals surface area contributed by atoms with E-state index in [9.17, 15) is 49.5 Å². The predicted octanol–water partition coefficient (Wildman–Crippen LogP) is -0.991. The van der Waals surface area contributed by atoms with Gasteiger partial charge in [-0.1, -0.05) is 86.6 Å². The zero-order valence-electron chi connectivity index (χ0n) is 32.3. The molecule has 1 aliphatic heterocycles. The van der Waals surface area contributed by atoms with Gasteiger partial charge < -0.3 is 61.6 Å². The van der Waals surface area contributed by atoms with Crippen LogP contribution in [0.4, 0.5) is 0 Å². The van der Waals surface area contributed by atoms with Crippen molar-refractivity contribution in [3.63, 3.8) is 0 Å². The standard InChI is InChI=1S/C41H53N5O12/c1-24(2)17-31(40(55)57-23-27-11-7-4-8-12-27)45-38(53)30(19-25-9-5-3-6-10-25)44-33(48)20-43-34(49)22-46(21-32-35(50)36(51)37(52)41(56)58-32)39(54)29(42)18-26-13-15-28(47)16-14-26/h3-16,24,29-32,35-37,41,47,50-52,56H,17-23,42H2,1-2H3,(H,43,49)(H,44,48)(H,45,53)/t29-,30-,31-,32+,35-,36-,37+,41?/m0/s1. The molecule has 3 aromatic rings. The minimum Gasteiger partial charge on any atom is -0.508 e. The third kappa shape index (κ3) is 13.9. The van der Waals surface area contributed by atoms with Crippen LogP contribution in [0.2, 0.25) is 0 Å². The van der Waals surface area contributed by atoms with Gasteiger partial charge in [0.2, 0.25) is 23.6 Å². The van der Waals surface area contributed by atoms with Crippen LogP contribution in [0.25, 0.3) is 0 Å². The number of phenolic OH excluding ortho intramolecular Hbond substituents is 1. The van der Waals surface area contributed by atoms with Crippen molar-refractivity contribution in [2.75, 3.05) is 19.6 Å². The molecule has 0 spiro atoms. The Labute approximate surface area is 336 Å². The monoisotopic (exact) mass is 807 g/mol. The molecule has 17 heteroatoms. The molecule has 1 aliphatic rings. The third-order valence-electron chi connectivity index (χ3n) is 9.36. The lowest BCUT2D eigenvalue weighted by molar-refractivity contribution is -0.283. The van der Waals surface area contributed by atoms with Crippen molar-refractivity contribution in [3.05, 3.63) is 102 Å². The highest BCUT2D eigenvalue weighted by Crippen LogP contribution is 2.21. The maximum Gasteiger partial charge on any atom is 0.328 e. The Kier molecular flexibility index (Phi) is 17.1. The molecule has 8 atom stereocenters. The van der Waals surface area contributed by atoms with Gasteiger partial charge in [0.05, 0.1) is 25.7 Å². The Balaban J connectivity index is 1.43. The van der Waals surface area contributed by atoms with Crippen LogP contribution < -0.4 is 21.7 Å². The highest BCUT2D eigenvalue weighted by atomic mass is 16.6. The molecule has 0 saturated carbocycles. The summed E-state index contributed by atoms with van der Waals surface area (Å²) in [4.78, 5) is 68.0. The number of phenols is 1. The average Bonchev–Trinajstić information content (AvgIpc) is 3.20. The predicted molar refractivity (Wildman–Crippen MR) is 208 cm³/mol. The Hall–Kier alpha value is -5.43. The van der Waals surface area contributed by atoms with E-state index in [0.717, 1.165) is 10.5 Å². The van der Waals surface area contributed by atoms with Crippen LogP contribution >= 0.6 is 0 Å². The van der Waals surface area contributed by atoms with Crippen molar-refractivity contribution in [2.45, 2.75) is 88.5 Å². The van der Waals surface area contributed by atoms with Crippen LogP contribution in [0.3, 0.4) is 0 Å². The molecular formula is C41H53N5O12. The summed E-state index contributed by atoms with van der Waals surface area (Å²) in [5.74, 6) is -3.73. The number of benzene rings is 3. The second kappa shape index (κ2) is 21.9. The molecule has 1 unspecified atom stereocenters. The van der Waals surface area contributed by atoms with E-state index in [0.29, 0.717) is 11.1 Å². The van der Waals surface area contributed by atoms with Crippen LogP contribution in [0.15, 0.2) is 84.9 Å². The molecule has 0 aliphatic carbocycles. The lowest BCUT2D eigenvalue weighted by Crippen LogP contribution is -2.61. The fraction of sp³-hybridized carbons (Fsp3) is 0.439. The van der Waals surface area contributed by atoms with Gasteiger partial charge in [0.15, 0.2) is 6.29 Å². The first kappa shape index (κ1) is 45.3. The maximum atomic E-state index is 13.7. The van der Waals surface area contributed by atoms with Gasteiger partial charge in [0.1, 0.15) is 48.9 Å². The fourth-order valence-electron chi connectivity index (χ4n) is 6.24. The Bertz CT molecular complexity index is 1800. The summed E-state index contributed by atoms with van der Waals surface area (Å²) in [5, 5.41) is 58.1. The molecule has 1 heterocycles. The molecule has 4 amide bonds. The van der Waals surface area contributed by atoms with Gasteiger partial charge in [-0.05, 0) is 47.6 Å². The van der Waals surface area contributed by atoms with Crippen LogP contribution in [0, 0.1) is 5.92 Å². The Morgan fingerprint density at radius 3 is 1.98 bits per heavy atom. The SMILES string of the molecule is CC(C)C[C@H](NC(=O)[C@H](Cc1ccccc1)NC(=O)CNC(=O)CN(C[C@H]1OC(O)[C@H](O)[C@@H](O)[C@H]1O)C(=O)[C@@H](N)Cc1ccc(O)cc1)C(=O)OCc1ccccc1. The van der Waals surface area contributed by atoms with E-state index in [-0.39, 0.29) is 37.5 Å². The number of nitrogens with two attached hydrogens (primary N) is 1. The molecule has 10 N–H and O–H groups in total. The second-order valence-corrected chi connectivity index (χ2v) is 14.6. The molecular weight excluding hydrogens is 754 g/mol. The summed E-state index contributed by atoms with van der Waals surface area (Å²) in [7, 11) is 0. The summed E-state index contributed by atoms with van der Waals surface area (Å²) in [6.45, 7) is 1.85. The number of nitrogens with zero attached hydrogens (tertiary/aromatic N) is 1. The summed E-state index contributed by atoms with van der Waals surface area (Å²) >= 11 is 0. The zero-order valence-corrected chi connectivity index (χ0v) is 32.3. The number of hydrogen-bond acceptors (Lipinski definition) is 13. The number of aliphatic hydroxyl groups excluding tert-OH is 4. The van der Waals surface area contributed by atoms with Crippen LogP contribution in [-0.4, -0.2) is 128 Å². The Morgan fingerprint density at radius 1 is 0.759 bits per heavy atom. The summed E-state index contributed by atoms with van der Waals surface area (Å²) < 4.78 is 10.7. The van der Waals surface area contributed by atoms with Gasteiger partial charge in [0, 0.05) is 6.42 Å². The average molecular weight is 808 g/mol. The minimum atomic E-state index is -1.91. The fourth-order valence-corrected chi connectivity index (χ4v) is 6.24. The van der Waals surface area contributed by atoms with Gasteiger partial charge >= 0.3 is 5.97 Å².